The van der Waals surface area contributed by atoms with Gasteiger partial charge in [-0.2, -0.15) is 0 Å². The van der Waals surface area contributed by atoms with E-state index in [1.165, 1.54) is 0 Å². The quantitative estimate of drug-likeness (QED) is 0.869. The first-order valence-corrected chi connectivity index (χ1v) is 7.84. The minimum absolute atomic E-state index is 0.161. The van der Waals surface area contributed by atoms with Crippen LogP contribution in [-0.4, -0.2) is 37.8 Å². The van der Waals surface area contributed by atoms with Crippen molar-refractivity contribution in [3.63, 3.8) is 0 Å². The highest BCUT2D eigenvalue weighted by Crippen LogP contribution is 2.44. The van der Waals surface area contributed by atoms with E-state index in [2.05, 4.69) is 10.6 Å². The molecule has 2 atom stereocenters. The predicted octanol–water partition coefficient (Wildman–Crippen LogP) is 1.94. The van der Waals surface area contributed by atoms with Crippen LogP contribution < -0.4 is 10.6 Å². The molecular weight excluding hydrogens is 296 g/mol. The molecule has 6 nitrogen and oxygen atoms in total. The van der Waals surface area contributed by atoms with E-state index in [1.807, 2.05) is 30.3 Å². The number of hydrogen-bond donors (Lipinski definition) is 2. The molecule has 6 heteroatoms. The number of ether oxygens (including phenoxy) is 2. The van der Waals surface area contributed by atoms with Crippen LogP contribution in [0.25, 0.3) is 0 Å². The van der Waals surface area contributed by atoms with Gasteiger partial charge in [-0.3, -0.25) is 4.79 Å². The standard InChI is InChI=1S/C17H24N2O4/c1-4-22-15(21)19-12-17(13-8-6-5-7-9-13)11-10-16(2,23-17)14(20)18-3/h5-9H,4,10-12H2,1-3H3,(H,18,20)(H,19,21)/t16-,17+/m1/s1. The molecule has 1 heterocycles. The van der Waals surface area contributed by atoms with Crippen molar-refractivity contribution in [2.45, 2.75) is 37.9 Å². The van der Waals surface area contributed by atoms with Gasteiger partial charge in [0.1, 0.15) is 11.2 Å². The smallest absolute Gasteiger partial charge is 0.407 e. The Kier molecular flexibility index (Phi) is 5.26. The highest BCUT2D eigenvalue weighted by atomic mass is 16.6. The van der Waals surface area contributed by atoms with Crippen LogP contribution in [0.2, 0.25) is 0 Å². The summed E-state index contributed by atoms with van der Waals surface area (Å²) in [4.78, 5) is 23.8. The van der Waals surface area contributed by atoms with Crippen molar-refractivity contribution >= 4 is 12.0 Å². The average molecular weight is 320 g/mol. The highest BCUT2D eigenvalue weighted by Gasteiger charge is 2.51. The Morgan fingerprint density at radius 2 is 1.96 bits per heavy atom. The molecule has 1 aliphatic heterocycles. The Morgan fingerprint density at radius 1 is 1.26 bits per heavy atom. The van der Waals surface area contributed by atoms with Crippen LogP contribution >= 0.6 is 0 Å². The molecule has 1 aromatic rings. The van der Waals surface area contributed by atoms with Crippen LogP contribution in [0.3, 0.4) is 0 Å². The number of amides is 2. The summed E-state index contributed by atoms with van der Waals surface area (Å²) in [5, 5.41) is 5.39. The molecule has 0 radical (unpaired) electrons. The normalized spacial score (nSPS) is 26.6. The predicted molar refractivity (Wildman–Crippen MR) is 85.9 cm³/mol. The number of nitrogens with one attached hydrogen (secondary N) is 2. The van der Waals surface area contributed by atoms with Crippen molar-refractivity contribution in [1.29, 1.82) is 0 Å². The van der Waals surface area contributed by atoms with Gasteiger partial charge in [-0.15, -0.1) is 0 Å². The zero-order valence-electron chi connectivity index (χ0n) is 13.8. The lowest BCUT2D eigenvalue weighted by Gasteiger charge is -2.33. The molecule has 1 aromatic carbocycles. The van der Waals surface area contributed by atoms with Gasteiger partial charge in [0.15, 0.2) is 0 Å². The van der Waals surface area contributed by atoms with Crippen LogP contribution in [0.15, 0.2) is 30.3 Å². The molecule has 1 fully saturated rings. The average Bonchev–Trinajstić information content (AvgIpc) is 2.93. The lowest BCUT2D eigenvalue weighted by molar-refractivity contribution is -0.153. The van der Waals surface area contributed by atoms with Crippen molar-refractivity contribution in [2.75, 3.05) is 20.2 Å². The van der Waals surface area contributed by atoms with Gasteiger partial charge < -0.3 is 20.1 Å². The maximum Gasteiger partial charge on any atom is 0.407 e. The molecule has 2 N–H and O–H groups in total. The Hall–Kier alpha value is -2.08. The number of hydrogen-bond acceptors (Lipinski definition) is 4. The molecule has 0 bridgehead atoms. The second-order valence-electron chi connectivity index (χ2n) is 5.85. The molecule has 0 saturated carbocycles. The molecule has 23 heavy (non-hydrogen) atoms. The number of alkyl carbamates (subject to hydrolysis) is 1. The van der Waals surface area contributed by atoms with E-state index >= 15 is 0 Å². The molecular formula is C17H24N2O4. The third kappa shape index (κ3) is 3.64. The van der Waals surface area contributed by atoms with Gasteiger partial charge >= 0.3 is 6.09 Å². The van der Waals surface area contributed by atoms with E-state index in [9.17, 15) is 9.59 Å². The Bertz CT molecular complexity index is 563. The van der Waals surface area contributed by atoms with Gasteiger partial charge in [0.05, 0.1) is 13.2 Å². The number of rotatable bonds is 5. The van der Waals surface area contributed by atoms with E-state index in [4.69, 9.17) is 9.47 Å². The van der Waals surface area contributed by atoms with E-state index < -0.39 is 17.3 Å². The molecule has 2 amide bonds. The zero-order valence-corrected chi connectivity index (χ0v) is 13.8. The van der Waals surface area contributed by atoms with Gasteiger partial charge in [-0.25, -0.2) is 4.79 Å². The monoisotopic (exact) mass is 320 g/mol. The summed E-state index contributed by atoms with van der Waals surface area (Å²) >= 11 is 0. The van der Waals surface area contributed by atoms with Gasteiger partial charge in [0.25, 0.3) is 5.91 Å². The zero-order chi connectivity index (χ0) is 16.9. The second-order valence-corrected chi connectivity index (χ2v) is 5.85. The van der Waals surface area contributed by atoms with Crippen LogP contribution in [-0.2, 0) is 19.9 Å². The molecule has 0 spiro atoms. The first-order chi connectivity index (χ1) is 11.0. The molecule has 1 aliphatic rings. The van der Waals surface area contributed by atoms with Crippen molar-refractivity contribution in [3.8, 4) is 0 Å². The third-order valence-electron chi connectivity index (χ3n) is 4.23. The lowest BCUT2D eigenvalue weighted by atomic mass is 9.89. The fraction of sp³-hybridized carbons (Fsp3) is 0.529. The van der Waals surface area contributed by atoms with Crippen LogP contribution in [0.4, 0.5) is 4.79 Å². The SMILES string of the molecule is CCOC(=O)NC[C@]1(c2ccccc2)CC[C@](C)(C(=O)NC)O1. The maximum atomic E-state index is 12.1. The largest absolute Gasteiger partial charge is 0.450 e. The Labute approximate surface area is 136 Å². The van der Waals surface area contributed by atoms with Crippen molar-refractivity contribution in [3.05, 3.63) is 35.9 Å². The first-order valence-electron chi connectivity index (χ1n) is 7.84. The number of carbonyl (C=O) groups excluding carboxylic acids is 2. The minimum atomic E-state index is -0.916. The molecule has 2 rings (SSSR count). The summed E-state index contributed by atoms with van der Waals surface area (Å²) in [5.41, 5.74) is -0.722. The third-order valence-corrected chi connectivity index (χ3v) is 4.23. The summed E-state index contributed by atoms with van der Waals surface area (Å²) in [6.07, 6.45) is 0.722. The van der Waals surface area contributed by atoms with Crippen LogP contribution in [0.5, 0.6) is 0 Å². The van der Waals surface area contributed by atoms with Crippen molar-refractivity contribution in [2.24, 2.45) is 0 Å². The van der Waals surface area contributed by atoms with Crippen LogP contribution in [0, 0.1) is 0 Å². The summed E-state index contributed by atoms with van der Waals surface area (Å²) in [5.74, 6) is -0.161. The fourth-order valence-electron chi connectivity index (χ4n) is 2.97. The molecule has 0 unspecified atom stereocenters. The highest BCUT2D eigenvalue weighted by molar-refractivity contribution is 5.85. The molecule has 126 valence electrons. The van der Waals surface area contributed by atoms with Gasteiger partial charge in [-0.1, -0.05) is 30.3 Å². The van der Waals surface area contributed by atoms with E-state index in [0.717, 1.165) is 5.56 Å². The number of benzene rings is 1. The summed E-state index contributed by atoms with van der Waals surface area (Å²) in [7, 11) is 1.59. The summed E-state index contributed by atoms with van der Waals surface area (Å²) < 4.78 is 11.1. The summed E-state index contributed by atoms with van der Waals surface area (Å²) in [6.45, 7) is 4.09. The van der Waals surface area contributed by atoms with Gasteiger partial charge in [0, 0.05) is 7.05 Å². The topological polar surface area (TPSA) is 76.7 Å². The summed E-state index contributed by atoms with van der Waals surface area (Å²) in [6, 6.07) is 9.65. The second kappa shape index (κ2) is 7.00. The Balaban J connectivity index is 2.24. The van der Waals surface area contributed by atoms with Crippen LogP contribution in [0.1, 0.15) is 32.3 Å². The van der Waals surface area contributed by atoms with Crippen molar-refractivity contribution < 1.29 is 19.1 Å². The van der Waals surface area contributed by atoms with E-state index in [0.29, 0.717) is 19.4 Å². The van der Waals surface area contributed by atoms with E-state index in [1.54, 1.807) is 20.9 Å². The minimum Gasteiger partial charge on any atom is -0.450 e. The molecule has 1 saturated heterocycles. The Morgan fingerprint density at radius 3 is 2.57 bits per heavy atom. The van der Waals surface area contributed by atoms with Crippen molar-refractivity contribution in [1.82, 2.24) is 10.6 Å². The van der Waals surface area contributed by atoms with Gasteiger partial charge in [0.2, 0.25) is 0 Å². The lowest BCUT2D eigenvalue weighted by Crippen LogP contribution is -2.47. The molecule has 0 aromatic heterocycles. The number of likely N-dealkylation sites (N-methyl/N-ethyl adjacent to an activating group) is 1. The maximum absolute atomic E-state index is 12.1. The van der Waals surface area contributed by atoms with E-state index in [-0.39, 0.29) is 12.5 Å². The fourth-order valence-corrected chi connectivity index (χ4v) is 2.97. The van der Waals surface area contributed by atoms with Gasteiger partial charge in [-0.05, 0) is 32.3 Å². The first kappa shape index (κ1) is 17.3. The molecule has 0 aliphatic carbocycles. The number of carbonyl (C=O) groups is 2.